The molecule has 2 aromatic rings. The fourth-order valence-electron chi connectivity index (χ4n) is 2.45. The minimum Gasteiger partial charge on any atom is -0.483 e. The fourth-order valence-corrected chi connectivity index (χ4v) is 2.45. The number of non-ortho nitro benzene ring substituents is 1. The summed E-state index contributed by atoms with van der Waals surface area (Å²) in [7, 11) is 1.58. The lowest BCUT2D eigenvalue weighted by molar-refractivity contribution is -0.384. The minimum atomic E-state index is -0.691. The Kier molecular flexibility index (Phi) is 6.32. The van der Waals surface area contributed by atoms with Crippen LogP contribution in [0.2, 0.25) is 0 Å². The average Bonchev–Trinajstić information content (AvgIpc) is 2.65. The summed E-state index contributed by atoms with van der Waals surface area (Å²) in [6.07, 6.45) is 0. The van der Waals surface area contributed by atoms with E-state index < -0.39 is 16.7 Å². The Morgan fingerprint density at radius 2 is 1.78 bits per heavy atom. The summed E-state index contributed by atoms with van der Waals surface area (Å²) >= 11 is 0. The topological polar surface area (TPSA) is 123 Å². The molecule has 142 valence electrons. The van der Waals surface area contributed by atoms with Gasteiger partial charge in [-0.25, -0.2) is 0 Å². The average molecular weight is 372 g/mol. The molecule has 0 spiro atoms. The highest BCUT2D eigenvalue weighted by molar-refractivity contribution is 6.01. The third kappa shape index (κ3) is 4.94. The number of benzene rings is 2. The van der Waals surface area contributed by atoms with Gasteiger partial charge in [-0.15, -0.1) is 0 Å². The highest BCUT2D eigenvalue weighted by Gasteiger charge is 2.17. The van der Waals surface area contributed by atoms with Crippen LogP contribution in [-0.2, 0) is 4.79 Å². The van der Waals surface area contributed by atoms with Crippen LogP contribution in [0.15, 0.2) is 36.4 Å². The molecule has 0 bridgehead atoms. The van der Waals surface area contributed by atoms with Crippen molar-refractivity contribution in [3.8, 4) is 5.75 Å². The first-order valence-corrected chi connectivity index (χ1v) is 8.08. The number of nitro groups is 1. The highest BCUT2D eigenvalue weighted by Crippen LogP contribution is 2.22. The number of hydrazine groups is 1. The van der Waals surface area contributed by atoms with Crippen LogP contribution in [-0.4, -0.2) is 30.4 Å². The first-order valence-electron chi connectivity index (χ1n) is 8.08. The van der Waals surface area contributed by atoms with Crippen molar-refractivity contribution in [3.05, 3.63) is 63.2 Å². The van der Waals surface area contributed by atoms with Gasteiger partial charge in [0, 0.05) is 24.9 Å². The summed E-state index contributed by atoms with van der Waals surface area (Å²) in [4.78, 5) is 34.5. The van der Waals surface area contributed by atoms with Crippen molar-refractivity contribution in [2.24, 2.45) is 0 Å². The Hall–Kier alpha value is -3.62. The normalized spacial score (nSPS) is 10.0. The Labute approximate surface area is 155 Å². The number of rotatable bonds is 6. The molecule has 0 aliphatic rings. The first kappa shape index (κ1) is 19.7. The number of anilines is 1. The van der Waals surface area contributed by atoms with Crippen LogP contribution >= 0.6 is 0 Å². The van der Waals surface area contributed by atoms with Crippen LogP contribution in [0.3, 0.4) is 0 Å². The largest absolute Gasteiger partial charge is 0.483 e. The van der Waals surface area contributed by atoms with Crippen molar-refractivity contribution >= 4 is 23.2 Å². The van der Waals surface area contributed by atoms with Crippen molar-refractivity contribution in [1.29, 1.82) is 0 Å². The van der Waals surface area contributed by atoms with Crippen molar-refractivity contribution in [2.45, 2.75) is 13.8 Å². The van der Waals surface area contributed by atoms with Gasteiger partial charge in [0.15, 0.2) is 6.61 Å². The lowest BCUT2D eigenvalue weighted by atomic mass is 10.1. The number of nitrogens with zero attached hydrogens (tertiary/aromatic N) is 1. The van der Waals surface area contributed by atoms with E-state index in [-0.39, 0.29) is 17.9 Å². The number of hydrogen-bond acceptors (Lipinski definition) is 6. The molecule has 0 unspecified atom stereocenters. The number of para-hydroxylation sites is 1. The van der Waals surface area contributed by atoms with Gasteiger partial charge in [0.2, 0.25) is 0 Å². The molecule has 2 amide bonds. The van der Waals surface area contributed by atoms with Gasteiger partial charge in [-0.05, 0) is 31.0 Å². The highest BCUT2D eigenvalue weighted by atomic mass is 16.6. The Morgan fingerprint density at radius 3 is 2.37 bits per heavy atom. The van der Waals surface area contributed by atoms with E-state index in [4.69, 9.17) is 4.74 Å². The van der Waals surface area contributed by atoms with Gasteiger partial charge in [0.25, 0.3) is 17.5 Å². The van der Waals surface area contributed by atoms with Gasteiger partial charge in [-0.3, -0.25) is 30.6 Å². The number of hydrogen-bond donors (Lipinski definition) is 3. The number of nitrogens with one attached hydrogen (secondary N) is 3. The van der Waals surface area contributed by atoms with E-state index in [9.17, 15) is 19.7 Å². The van der Waals surface area contributed by atoms with Crippen LogP contribution in [0.25, 0.3) is 0 Å². The predicted octanol–water partition coefficient (Wildman–Crippen LogP) is 2.09. The Balaban J connectivity index is 1.98. The standard InChI is InChI=1S/C18H20N4O5/c1-11-5-4-6-12(2)17(11)27-10-16(23)20-21-18(24)14-9-13(22(25)26)7-8-15(14)19-3/h4-9,19H,10H2,1-3H3,(H,20,23)(H,21,24). The molecule has 0 radical (unpaired) electrons. The lowest BCUT2D eigenvalue weighted by Crippen LogP contribution is -2.44. The van der Waals surface area contributed by atoms with E-state index in [2.05, 4.69) is 16.2 Å². The van der Waals surface area contributed by atoms with Crippen molar-refractivity contribution < 1.29 is 19.2 Å². The first-order chi connectivity index (χ1) is 12.8. The predicted molar refractivity (Wildman–Crippen MR) is 99.7 cm³/mol. The molecule has 9 nitrogen and oxygen atoms in total. The van der Waals surface area contributed by atoms with E-state index in [0.717, 1.165) is 17.2 Å². The number of aryl methyl sites for hydroxylation is 2. The van der Waals surface area contributed by atoms with E-state index >= 15 is 0 Å². The van der Waals surface area contributed by atoms with Crippen molar-refractivity contribution in [1.82, 2.24) is 10.9 Å². The molecule has 9 heteroatoms. The molecule has 3 N–H and O–H groups in total. The molecule has 0 atom stereocenters. The van der Waals surface area contributed by atoms with E-state index in [1.165, 1.54) is 12.1 Å². The van der Waals surface area contributed by atoms with Crippen LogP contribution in [0.4, 0.5) is 11.4 Å². The molecule has 27 heavy (non-hydrogen) atoms. The van der Waals surface area contributed by atoms with Gasteiger partial charge in [0.05, 0.1) is 10.5 Å². The zero-order valence-corrected chi connectivity index (χ0v) is 15.2. The monoisotopic (exact) mass is 372 g/mol. The molecule has 0 saturated carbocycles. The molecule has 2 rings (SSSR count). The van der Waals surface area contributed by atoms with Crippen LogP contribution in [0.1, 0.15) is 21.5 Å². The van der Waals surface area contributed by atoms with Gasteiger partial charge < -0.3 is 10.1 Å². The lowest BCUT2D eigenvalue weighted by Gasteiger charge is -2.13. The van der Waals surface area contributed by atoms with Gasteiger partial charge in [-0.2, -0.15) is 0 Å². The van der Waals surface area contributed by atoms with Gasteiger partial charge in [0.1, 0.15) is 5.75 Å². The minimum absolute atomic E-state index is 0.0302. The quantitative estimate of drug-likeness (QED) is 0.527. The second-order valence-electron chi connectivity index (χ2n) is 5.75. The van der Waals surface area contributed by atoms with E-state index in [1.807, 2.05) is 32.0 Å². The van der Waals surface area contributed by atoms with Crippen LogP contribution in [0.5, 0.6) is 5.75 Å². The summed E-state index contributed by atoms with van der Waals surface area (Å²) in [5.74, 6) is -0.652. The molecule has 0 heterocycles. The summed E-state index contributed by atoms with van der Waals surface area (Å²) in [6, 6.07) is 9.43. The third-order valence-electron chi connectivity index (χ3n) is 3.80. The fraction of sp³-hybridized carbons (Fsp3) is 0.222. The second kappa shape index (κ2) is 8.65. The number of ether oxygens (including phenoxy) is 1. The number of nitro benzene ring substituents is 1. The number of carbonyl (C=O) groups excluding carboxylic acids is 2. The van der Waals surface area contributed by atoms with Gasteiger partial charge >= 0.3 is 0 Å². The zero-order chi connectivity index (χ0) is 20.0. The second-order valence-corrected chi connectivity index (χ2v) is 5.75. The van der Waals surface area contributed by atoms with Gasteiger partial charge in [-0.1, -0.05) is 18.2 Å². The van der Waals surface area contributed by atoms with Crippen molar-refractivity contribution in [2.75, 3.05) is 19.0 Å². The molecule has 0 aromatic heterocycles. The molecular formula is C18H20N4O5. The smallest absolute Gasteiger partial charge is 0.276 e. The molecule has 0 fully saturated rings. The summed E-state index contributed by atoms with van der Waals surface area (Å²) in [6.45, 7) is 3.44. The maximum Gasteiger partial charge on any atom is 0.276 e. The van der Waals surface area contributed by atoms with E-state index in [0.29, 0.717) is 11.4 Å². The maximum atomic E-state index is 12.3. The third-order valence-corrected chi connectivity index (χ3v) is 3.80. The number of carbonyl (C=O) groups is 2. The molecule has 2 aromatic carbocycles. The Morgan fingerprint density at radius 1 is 1.11 bits per heavy atom. The SMILES string of the molecule is CNc1ccc([N+](=O)[O-])cc1C(=O)NNC(=O)COc1c(C)cccc1C. The van der Waals surface area contributed by atoms with E-state index in [1.54, 1.807) is 7.05 Å². The Bertz CT molecular complexity index is 862. The maximum absolute atomic E-state index is 12.3. The van der Waals surface area contributed by atoms with Crippen molar-refractivity contribution in [3.63, 3.8) is 0 Å². The summed E-state index contributed by atoms with van der Waals surface area (Å²) in [5, 5.41) is 13.7. The molecule has 0 aliphatic heterocycles. The van der Waals surface area contributed by atoms with Crippen LogP contribution in [0, 0.1) is 24.0 Å². The van der Waals surface area contributed by atoms with Crippen LogP contribution < -0.4 is 20.9 Å². The number of amides is 2. The summed E-state index contributed by atoms with van der Waals surface area (Å²) < 4.78 is 5.50. The molecule has 0 saturated heterocycles. The molecule has 0 aliphatic carbocycles. The summed E-state index contributed by atoms with van der Waals surface area (Å²) in [5.41, 5.74) is 6.42. The molecular weight excluding hydrogens is 352 g/mol. The zero-order valence-electron chi connectivity index (χ0n) is 15.2.